The summed E-state index contributed by atoms with van der Waals surface area (Å²) < 4.78 is 20.8. The van der Waals surface area contributed by atoms with E-state index in [1.165, 1.54) is 19.3 Å². The lowest BCUT2D eigenvalue weighted by atomic mass is 9.39. The molecule has 298 valence electrons. The lowest BCUT2D eigenvalue weighted by Gasteiger charge is -2.69. The number of carbonyl (C=O) groups excluding carboxylic acids is 3. The normalized spacial score (nSPS) is 28.3. The maximum atomic E-state index is 13.5. The second kappa shape index (κ2) is 14.6. The van der Waals surface area contributed by atoms with E-state index in [-0.39, 0.29) is 46.0 Å². The third-order valence-electron chi connectivity index (χ3n) is 11.9. The van der Waals surface area contributed by atoms with E-state index in [0.29, 0.717) is 37.0 Å². The molecule has 5 aliphatic rings. The van der Waals surface area contributed by atoms with Crippen LogP contribution < -0.4 is 10.6 Å². The van der Waals surface area contributed by atoms with Crippen molar-refractivity contribution in [1.29, 1.82) is 0 Å². The summed E-state index contributed by atoms with van der Waals surface area (Å²) in [6.45, 7) is 22.2. The third kappa shape index (κ3) is 9.15. The van der Waals surface area contributed by atoms with Crippen LogP contribution in [0.5, 0.6) is 0 Å². The molecule has 5 fully saturated rings. The van der Waals surface area contributed by atoms with Crippen molar-refractivity contribution in [2.75, 3.05) is 33.3 Å². The van der Waals surface area contributed by atoms with Gasteiger partial charge in [-0.15, -0.1) is 0 Å². The van der Waals surface area contributed by atoms with Gasteiger partial charge in [-0.2, -0.15) is 0 Å². The number of likely N-dealkylation sites (N-methyl/N-ethyl adjacent to an activating group) is 1. The molecule has 3 heterocycles. The van der Waals surface area contributed by atoms with Crippen molar-refractivity contribution in [3.63, 3.8) is 0 Å². The summed E-state index contributed by atoms with van der Waals surface area (Å²) in [5, 5.41) is 6.37. The molecule has 0 spiro atoms. The first kappa shape index (κ1) is 40.2. The van der Waals surface area contributed by atoms with Gasteiger partial charge in [-0.05, 0) is 128 Å². The van der Waals surface area contributed by atoms with E-state index < -0.39 is 17.2 Å². The largest absolute Gasteiger partial charge is 0.455 e. The van der Waals surface area contributed by atoms with Crippen molar-refractivity contribution in [3.05, 3.63) is 41.5 Å². The Morgan fingerprint density at radius 3 is 2.13 bits per heavy atom. The molecule has 2 aromatic rings. The summed E-state index contributed by atoms with van der Waals surface area (Å²) in [6.07, 6.45) is 10.7. The minimum atomic E-state index is -0.687. The van der Waals surface area contributed by atoms with Gasteiger partial charge in [0.2, 0.25) is 5.91 Å². The van der Waals surface area contributed by atoms with Crippen molar-refractivity contribution in [3.8, 4) is 11.1 Å². The maximum absolute atomic E-state index is 13.5. The SMILES string of the molecule is CNC(=O)Cc1ccc(-c2ccn(CC34CC5(C)CC(C)(C3)CC(OCCNC3CCN(C(=O)OC(C)(C)C)CC3)(C5)C4)c2C)c(C(=O)OC(C)(C)C)n1. The van der Waals surface area contributed by atoms with E-state index in [1.807, 2.05) is 58.6 Å². The van der Waals surface area contributed by atoms with Crippen LogP contribution in [0.1, 0.15) is 129 Å². The van der Waals surface area contributed by atoms with Gasteiger partial charge in [0, 0.05) is 62.3 Å². The molecular weight excluding hydrogens is 683 g/mol. The first-order valence-corrected chi connectivity index (χ1v) is 20.1. The number of nitrogens with one attached hydrogen (secondary N) is 2. The van der Waals surface area contributed by atoms with Crippen LogP contribution in [0.15, 0.2) is 24.4 Å². The van der Waals surface area contributed by atoms with Crippen LogP contribution in [0.2, 0.25) is 0 Å². The van der Waals surface area contributed by atoms with Gasteiger partial charge < -0.3 is 34.3 Å². The summed E-state index contributed by atoms with van der Waals surface area (Å²) in [5.41, 5.74) is 2.75. The average Bonchev–Trinajstić information content (AvgIpc) is 3.38. The third-order valence-corrected chi connectivity index (χ3v) is 11.9. The van der Waals surface area contributed by atoms with Crippen molar-refractivity contribution >= 4 is 18.0 Å². The highest BCUT2D eigenvalue weighted by Crippen LogP contribution is 2.72. The van der Waals surface area contributed by atoms with Crippen molar-refractivity contribution in [1.82, 2.24) is 25.1 Å². The molecule has 0 aromatic carbocycles. The second-order valence-corrected chi connectivity index (χ2v) is 19.9. The van der Waals surface area contributed by atoms with Crippen LogP contribution in [-0.4, -0.2) is 88.6 Å². The van der Waals surface area contributed by atoms with E-state index in [4.69, 9.17) is 14.2 Å². The number of rotatable bonds is 11. The van der Waals surface area contributed by atoms with E-state index >= 15 is 0 Å². The lowest BCUT2D eigenvalue weighted by molar-refractivity contribution is -0.247. The zero-order valence-corrected chi connectivity index (χ0v) is 34.6. The van der Waals surface area contributed by atoms with E-state index in [1.54, 1.807) is 7.05 Å². The molecule has 1 aliphatic heterocycles. The molecule has 4 saturated carbocycles. The average molecular weight is 748 g/mol. The lowest BCUT2D eigenvalue weighted by Crippen LogP contribution is -2.64. The number of ether oxygens (including phenoxy) is 3. The topological polar surface area (TPSA) is 124 Å². The van der Waals surface area contributed by atoms with E-state index in [0.717, 1.165) is 56.5 Å². The summed E-state index contributed by atoms with van der Waals surface area (Å²) >= 11 is 0. The Hall–Kier alpha value is -3.44. The first-order valence-electron chi connectivity index (χ1n) is 20.1. The summed E-state index contributed by atoms with van der Waals surface area (Å²) in [7, 11) is 1.59. The van der Waals surface area contributed by atoms with Gasteiger partial charge in [-0.3, -0.25) is 4.79 Å². The van der Waals surface area contributed by atoms with Gasteiger partial charge in [-0.1, -0.05) is 19.9 Å². The summed E-state index contributed by atoms with van der Waals surface area (Å²) in [5.74, 6) is -0.661. The quantitative estimate of drug-likeness (QED) is 0.182. The van der Waals surface area contributed by atoms with Crippen LogP contribution >= 0.6 is 0 Å². The molecule has 4 bridgehead atoms. The number of aromatic nitrogens is 2. The Labute approximate surface area is 322 Å². The minimum Gasteiger partial charge on any atom is -0.455 e. The van der Waals surface area contributed by atoms with Crippen LogP contribution in [0, 0.1) is 23.2 Å². The number of carbonyl (C=O) groups is 3. The Balaban J connectivity index is 1.14. The molecule has 11 heteroatoms. The molecule has 54 heavy (non-hydrogen) atoms. The van der Waals surface area contributed by atoms with Gasteiger partial charge in [0.15, 0.2) is 5.69 Å². The number of hydrogen-bond acceptors (Lipinski definition) is 8. The van der Waals surface area contributed by atoms with Gasteiger partial charge in [-0.25, -0.2) is 14.6 Å². The molecule has 4 aliphatic carbocycles. The highest BCUT2D eigenvalue weighted by Gasteiger charge is 2.66. The molecule has 2 aromatic heterocycles. The fraction of sp³-hybridized carbons (Fsp3) is 0.721. The molecule has 2 amide bonds. The molecule has 2 atom stereocenters. The van der Waals surface area contributed by atoms with Crippen LogP contribution in [0.3, 0.4) is 0 Å². The monoisotopic (exact) mass is 747 g/mol. The zero-order valence-electron chi connectivity index (χ0n) is 34.6. The summed E-state index contributed by atoms with van der Waals surface area (Å²) in [6, 6.07) is 6.21. The predicted molar refractivity (Wildman–Crippen MR) is 209 cm³/mol. The molecule has 7 rings (SSSR count). The number of amides is 2. The molecule has 2 N–H and O–H groups in total. The Morgan fingerprint density at radius 1 is 0.870 bits per heavy atom. The molecule has 2 unspecified atom stereocenters. The number of esters is 1. The van der Waals surface area contributed by atoms with Crippen molar-refractivity contribution < 1.29 is 28.6 Å². The number of nitrogens with zero attached hydrogens (tertiary/aromatic N) is 3. The number of pyridine rings is 1. The summed E-state index contributed by atoms with van der Waals surface area (Å²) in [4.78, 5) is 44.7. The van der Waals surface area contributed by atoms with Gasteiger partial charge in [0.1, 0.15) is 11.2 Å². The fourth-order valence-corrected chi connectivity index (χ4v) is 11.2. The number of likely N-dealkylation sites (tertiary alicyclic amines) is 1. The van der Waals surface area contributed by atoms with Crippen LogP contribution in [0.25, 0.3) is 11.1 Å². The maximum Gasteiger partial charge on any atom is 0.410 e. The second-order valence-electron chi connectivity index (χ2n) is 19.9. The molecule has 11 nitrogen and oxygen atoms in total. The highest BCUT2D eigenvalue weighted by atomic mass is 16.6. The van der Waals surface area contributed by atoms with Gasteiger partial charge in [0.25, 0.3) is 0 Å². The van der Waals surface area contributed by atoms with Crippen molar-refractivity contribution in [2.45, 2.75) is 149 Å². The number of hydrogen-bond donors (Lipinski definition) is 2. The Morgan fingerprint density at radius 2 is 1.52 bits per heavy atom. The molecule has 1 saturated heterocycles. The van der Waals surface area contributed by atoms with Gasteiger partial charge >= 0.3 is 12.1 Å². The molecule has 0 radical (unpaired) electrons. The number of piperidine rings is 1. The first-order chi connectivity index (χ1) is 25.1. The van der Waals surface area contributed by atoms with Crippen LogP contribution in [-0.2, 0) is 32.0 Å². The fourth-order valence-electron chi connectivity index (χ4n) is 11.2. The Bertz CT molecular complexity index is 1710. The van der Waals surface area contributed by atoms with E-state index in [2.05, 4.69) is 53.2 Å². The van der Waals surface area contributed by atoms with E-state index in [9.17, 15) is 14.4 Å². The smallest absolute Gasteiger partial charge is 0.410 e. The predicted octanol–water partition coefficient (Wildman–Crippen LogP) is 7.23. The Kier molecular flexibility index (Phi) is 10.9. The van der Waals surface area contributed by atoms with Gasteiger partial charge in [0.05, 0.1) is 24.3 Å². The standard InChI is InChI=1S/C43H65N5O6/c1-29-32(33-12-11-31(21-34(49)44-10)46-35(33)36(50)53-38(2,3)4)15-19-48(29)28-42-23-40(8)22-41(9,24-42)26-43(25-40,27-42)52-20-16-45-30-13-17-47(18-14-30)37(51)54-39(5,6)7/h11-12,15,19,30,45H,13-14,16-18,20-28H2,1-10H3,(H,44,49). The highest BCUT2D eigenvalue weighted by molar-refractivity contribution is 5.96. The molecular formula is C43H65N5O6. The zero-order chi connectivity index (χ0) is 39.3. The minimum absolute atomic E-state index is 0.0850. The van der Waals surface area contributed by atoms with Crippen molar-refractivity contribution in [2.24, 2.45) is 16.2 Å². The van der Waals surface area contributed by atoms with Crippen LogP contribution in [0.4, 0.5) is 4.79 Å².